The Hall–Kier alpha value is -4.25. The van der Waals surface area contributed by atoms with Gasteiger partial charge in [-0.05, 0) is 35.9 Å². The summed E-state index contributed by atoms with van der Waals surface area (Å²) in [6, 6.07) is 27.9. The van der Waals surface area contributed by atoms with Gasteiger partial charge in [0, 0.05) is 11.1 Å². The third kappa shape index (κ3) is 3.82. The number of oxazole rings is 1. The maximum absolute atomic E-state index is 5.92. The SMILES string of the molecule is C(=Cc1cnn(-c2ccccc2)n1)c1ccc(-c2ncc(-c3ccccc3)o2)cc1. The first-order chi connectivity index (χ1) is 14.8. The Bertz CT molecular complexity index is 1270. The van der Waals surface area contributed by atoms with Crippen molar-refractivity contribution in [2.45, 2.75) is 0 Å². The molecule has 0 radical (unpaired) electrons. The zero-order valence-corrected chi connectivity index (χ0v) is 16.1. The molecule has 2 aromatic heterocycles. The molecule has 0 amide bonds. The maximum atomic E-state index is 5.92. The van der Waals surface area contributed by atoms with Gasteiger partial charge in [0.05, 0.1) is 18.1 Å². The first-order valence-electron chi connectivity index (χ1n) is 9.63. The minimum absolute atomic E-state index is 0.607. The van der Waals surface area contributed by atoms with Gasteiger partial charge in [-0.1, -0.05) is 66.7 Å². The highest BCUT2D eigenvalue weighted by Gasteiger charge is 2.08. The monoisotopic (exact) mass is 390 g/mol. The molecule has 0 aliphatic rings. The second-order valence-corrected chi connectivity index (χ2v) is 6.75. The number of rotatable bonds is 5. The van der Waals surface area contributed by atoms with E-state index in [1.165, 1.54) is 0 Å². The highest BCUT2D eigenvalue weighted by atomic mass is 16.4. The summed E-state index contributed by atoms with van der Waals surface area (Å²) in [5, 5.41) is 8.80. The number of benzene rings is 3. The van der Waals surface area contributed by atoms with Crippen LogP contribution in [-0.4, -0.2) is 20.0 Å². The van der Waals surface area contributed by atoms with Crippen LogP contribution in [0.4, 0.5) is 0 Å². The van der Waals surface area contributed by atoms with Crippen LogP contribution in [0.3, 0.4) is 0 Å². The van der Waals surface area contributed by atoms with Gasteiger partial charge in [0.15, 0.2) is 5.76 Å². The Balaban J connectivity index is 1.30. The molecule has 0 spiro atoms. The van der Waals surface area contributed by atoms with E-state index in [4.69, 9.17) is 4.42 Å². The molecule has 0 saturated heterocycles. The van der Waals surface area contributed by atoms with E-state index >= 15 is 0 Å². The largest absolute Gasteiger partial charge is 0.436 e. The Morgan fingerprint density at radius 3 is 2.20 bits per heavy atom. The van der Waals surface area contributed by atoms with Gasteiger partial charge in [0.25, 0.3) is 0 Å². The first-order valence-corrected chi connectivity index (χ1v) is 9.63. The Kier molecular flexibility index (Phi) is 4.76. The highest BCUT2D eigenvalue weighted by molar-refractivity contribution is 5.69. The van der Waals surface area contributed by atoms with E-state index in [0.717, 1.165) is 33.8 Å². The Morgan fingerprint density at radius 2 is 1.43 bits per heavy atom. The van der Waals surface area contributed by atoms with Crippen molar-refractivity contribution < 1.29 is 4.42 Å². The van der Waals surface area contributed by atoms with E-state index < -0.39 is 0 Å². The van der Waals surface area contributed by atoms with Crippen molar-refractivity contribution in [3.8, 4) is 28.5 Å². The number of para-hydroxylation sites is 1. The lowest BCUT2D eigenvalue weighted by atomic mass is 10.1. The molecule has 5 rings (SSSR count). The molecule has 2 heterocycles. The lowest BCUT2D eigenvalue weighted by Crippen LogP contribution is -1.97. The van der Waals surface area contributed by atoms with Crippen LogP contribution in [0.2, 0.25) is 0 Å². The molecular formula is C25H18N4O. The molecule has 30 heavy (non-hydrogen) atoms. The molecule has 0 N–H and O–H groups in total. The van der Waals surface area contributed by atoms with Gasteiger partial charge in [-0.2, -0.15) is 9.90 Å². The van der Waals surface area contributed by atoms with E-state index in [0.29, 0.717) is 5.89 Å². The van der Waals surface area contributed by atoms with Crippen LogP contribution in [0.5, 0.6) is 0 Å². The van der Waals surface area contributed by atoms with Gasteiger partial charge in [0.2, 0.25) is 5.89 Å². The number of nitrogens with zero attached hydrogens (tertiary/aromatic N) is 4. The van der Waals surface area contributed by atoms with Crippen LogP contribution >= 0.6 is 0 Å². The van der Waals surface area contributed by atoms with E-state index in [-0.39, 0.29) is 0 Å². The van der Waals surface area contributed by atoms with Crippen LogP contribution in [0.1, 0.15) is 11.3 Å². The van der Waals surface area contributed by atoms with Gasteiger partial charge < -0.3 is 4.42 Å². The third-order valence-electron chi connectivity index (χ3n) is 4.66. The highest BCUT2D eigenvalue weighted by Crippen LogP contribution is 2.26. The summed E-state index contributed by atoms with van der Waals surface area (Å²) in [7, 11) is 0. The van der Waals surface area contributed by atoms with Gasteiger partial charge in [0.1, 0.15) is 5.69 Å². The van der Waals surface area contributed by atoms with Crippen LogP contribution in [0.15, 0.2) is 102 Å². The van der Waals surface area contributed by atoms with Gasteiger partial charge in [-0.25, -0.2) is 4.98 Å². The lowest BCUT2D eigenvalue weighted by molar-refractivity contribution is 0.589. The topological polar surface area (TPSA) is 56.7 Å². The van der Waals surface area contributed by atoms with E-state index in [2.05, 4.69) is 15.2 Å². The Morgan fingerprint density at radius 1 is 0.700 bits per heavy atom. The molecule has 0 saturated carbocycles. The first kappa shape index (κ1) is 17.8. The molecule has 0 fully saturated rings. The number of aromatic nitrogens is 4. The number of hydrogen-bond donors (Lipinski definition) is 0. The van der Waals surface area contributed by atoms with Crippen molar-refractivity contribution in [1.29, 1.82) is 0 Å². The second kappa shape index (κ2) is 8.01. The minimum atomic E-state index is 0.607. The predicted molar refractivity (Wildman–Crippen MR) is 118 cm³/mol. The standard InChI is InChI=1S/C25H18N4O/c1-3-7-20(8-4-1)24-18-26-25(30-24)21-14-11-19(12-15-21)13-16-22-17-27-29(28-22)23-9-5-2-6-10-23/h1-18H. The van der Waals surface area contributed by atoms with Crippen molar-refractivity contribution in [1.82, 2.24) is 20.0 Å². The summed E-state index contributed by atoms with van der Waals surface area (Å²) in [4.78, 5) is 6.03. The summed E-state index contributed by atoms with van der Waals surface area (Å²) in [5.41, 5.74) is 4.73. The fraction of sp³-hybridized carbons (Fsp3) is 0. The third-order valence-corrected chi connectivity index (χ3v) is 4.66. The van der Waals surface area contributed by atoms with E-state index in [9.17, 15) is 0 Å². The summed E-state index contributed by atoms with van der Waals surface area (Å²) >= 11 is 0. The quantitative estimate of drug-likeness (QED) is 0.383. The molecule has 144 valence electrons. The fourth-order valence-electron chi connectivity index (χ4n) is 3.10. The average molecular weight is 390 g/mol. The summed E-state index contributed by atoms with van der Waals surface area (Å²) in [6.07, 6.45) is 7.46. The zero-order valence-electron chi connectivity index (χ0n) is 16.1. The van der Waals surface area contributed by atoms with Gasteiger partial charge in [-0.15, -0.1) is 5.10 Å². The molecular weight excluding hydrogens is 372 g/mol. The van der Waals surface area contributed by atoms with Crippen molar-refractivity contribution in [3.05, 3.63) is 109 Å². The lowest BCUT2D eigenvalue weighted by Gasteiger charge is -1.98. The number of hydrogen-bond acceptors (Lipinski definition) is 4. The van der Waals surface area contributed by atoms with Crippen LogP contribution in [0, 0.1) is 0 Å². The van der Waals surface area contributed by atoms with Gasteiger partial charge >= 0.3 is 0 Å². The second-order valence-electron chi connectivity index (χ2n) is 6.75. The van der Waals surface area contributed by atoms with Crippen LogP contribution < -0.4 is 0 Å². The van der Waals surface area contributed by atoms with Gasteiger partial charge in [-0.3, -0.25) is 0 Å². The Labute approximate surface area is 174 Å². The summed E-state index contributed by atoms with van der Waals surface area (Å²) in [6.45, 7) is 0. The van der Waals surface area contributed by atoms with Crippen molar-refractivity contribution in [2.24, 2.45) is 0 Å². The summed E-state index contributed by atoms with van der Waals surface area (Å²) in [5.74, 6) is 1.37. The summed E-state index contributed by atoms with van der Waals surface area (Å²) < 4.78 is 5.92. The fourth-order valence-corrected chi connectivity index (χ4v) is 3.10. The molecule has 0 aliphatic heterocycles. The molecule has 5 heteroatoms. The molecule has 0 aliphatic carbocycles. The molecule has 0 atom stereocenters. The molecule has 5 aromatic rings. The molecule has 0 unspecified atom stereocenters. The molecule has 5 nitrogen and oxygen atoms in total. The molecule has 3 aromatic carbocycles. The van der Waals surface area contributed by atoms with Crippen molar-refractivity contribution in [2.75, 3.05) is 0 Å². The van der Waals surface area contributed by atoms with E-state index in [1.54, 1.807) is 17.2 Å². The maximum Gasteiger partial charge on any atom is 0.226 e. The normalized spacial score (nSPS) is 11.2. The minimum Gasteiger partial charge on any atom is -0.436 e. The average Bonchev–Trinajstić information content (AvgIpc) is 3.50. The molecule has 0 bridgehead atoms. The predicted octanol–water partition coefficient (Wildman–Crippen LogP) is 5.76. The smallest absolute Gasteiger partial charge is 0.226 e. The van der Waals surface area contributed by atoms with Crippen molar-refractivity contribution in [3.63, 3.8) is 0 Å². The van der Waals surface area contributed by atoms with Crippen LogP contribution in [0.25, 0.3) is 40.6 Å². The van der Waals surface area contributed by atoms with Crippen LogP contribution in [-0.2, 0) is 0 Å². The van der Waals surface area contributed by atoms with E-state index in [1.807, 2.05) is 97.1 Å². The zero-order chi connectivity index (χ0) is 20.2. The van der Waals surface area contributed by atoms with Crippen molar-refractivity contribution >= 4 is 12.2 Å².